The molecule has 2 rings (SSSR count). The van der Waals surface area contributed by atoms with Crippen LogP contribution in [0, 0.1) is 0 Å². The van der Waals surface area contributed by atoms with Crippen LogP contribution < -0.4 is 10.1 Å². The van der Waals surface area contributed by atoms with Gasteiger partial charge in [-0.05, 0) is 50.6 Å². The first-order valence-corrected chi connectivity index (χ1v) is 9.26. The monoisotopic (exact) mass is 388 g/mol. The number of para-hydroxylation sites is 1. The zero-order valence-corrected chi connectivity index (χ0v) is 16.6. The zero-order valence-electron chi connectivity index (χ0n) is 15.8. The Bertz CT molecular complexity index is 765. The maximum atomic E-state index is 12.8. The third-order valence-electron chi connectivity index (χ3n) is 3.95. The molecule has 1 N–H and O–H groups in total. The summed E-state index contributed by atoms with van der Waals surface area (Å²) in [6.45, 7) is 5.59. The summed E-state index contributed by atoms with van der Waals surface area (Å²) in [5.74, 6) is 0.123. The molecule has 0 spiro atoms. The van der Waals surface area contributed by atoms with E-state index in [4.69, 9.17) is 16.3 Å². The summed E-state index contributed by atoms with van der Waals surface area (Å²) in [5, 5.41) is 3.43. The summed E-state index contributed by atoms with van der Waals surface area (Å²) < 4.78 is 5.57. The van der Waals surface area contributed by atoms with Gasteiger partial charge in [0.2, 0.25) is 5.91 Å². The number of carbonyl (C=O) groups excluding carboxylic acids is 2. The van der Waals surface area contributed by atoms with Gasteiger partial charge in [0.1, 0.15) is 11.8 Å². The van der Waals surface area contributed by atoms with E-state index in [-0.39, 0.29) is 31.0 Å². The third-order valence-corrected chi connectivity index (χ3v) is 4.18. The molecule has 2 amide bonds. The molecule has 27 heavy (non-hydrogen) atoms. The number of nitrogens with zero attached hydrogens (tertiary/aromatic N) is 1. The zero-order chi connectivity index (χ0) is 19.8. The molecule has 2 aromatic carbocycles. The van der Waals surface area contributed by atoms with Crippen LogP contribution in [0.15, 0.2) is 54.6 Å². The van der Waals surface area contributed by atoms with E-state index in [1.807, 2.05) is 44.2 Å². The molecule has 0 aliphatic heterocycles. The molecule has 0 fully saturated rings. The highest BCUT2D eigenvalue weighted by atomic mass is 35.5. The van der Waals surface area contributed by atoms with Crippen LogP contribution in [0.5, 0.6) is 5.75 Å². The fourth-order valence-corrected chi connectivity index (χ4v) is 2.78. The van der Waals surface area contributed by atoms with Crippen molar-refractivity contribution in [2.75, 3.05) is 6.61 Å². The summed E-state index contributed by atoms with van der Waals surface area (Å²) in [4.78, 5) is 26.8. The summed E-state index contributed by atoms with van der Waals surface area (Å²) in [6.07, 6.45) is 0. The lowest BCUT2D eigenvalue weighted by atomic mass is 10.1. The van der Waals surface area contributed by atoms with Gasteiger partial charge in [-0.2, -0.15) is 0 Å². The fourth-order valence-electron chi connectivity index (χ4n) is 2.56. The van der Waals surface area contributed by atoms with Gasteiger partial charge in [-0.3, -0.25) is 9.59 Å². The Morgan fingerprint density at radius 3 is 2.41 bits per heavy atom. The number of carbonyl (C=O) groups is 2. The number of nitrogens with one attached hydrogen (secondary N) is 1. The lowest BCUT2D eigenvalue weighted by molar-refractivity contribution is -0.142. The lowest BCUT2D eigenvalue weighted by Crippen LogP contribution is -2.50. The minimum atomic E-state index is -0.641. The van der Waals surface area contributed by atoms with Crippen molar-refractivity contribution < 1.29 is 14.3 Å². The van der Waals surface area contributed by atoms with Gasteiger partial charge >= 0.3 is 0 Å². The molecular formula is C21H25ClN2O3. The molecule has 0 saturated carbocycles. The van der Waals surface area contributed by atoms with Crippen molar-refractivity contribution in [3.63, 3.8) is 0 Å². The SMILES string of the molecule is CC(C)NC(=O)C(C)N(Cc1cccc(Cl)c1)C(=O)COc1ccccc1. The normalized spacial score (nSPS) is 11.7. The van der Waals surface area contributed by atoms with Crippen molar-refractivity contribution in [1.29, 1.82) is 0 Å². The van der Waals surface area contributed by atoms with E-state index in [1.165, 1.54) is 4.90 Å². The Balaban J connectivity index is 2.14. The molecule has 6 heteroatoms. The smallest absolute Gasteiger partial charge is 0.261 e. The topological polar surface area (TPSA) is 58.6 Å². The predicted octanol–water partition coefficient (Wildman–Crippen LogP) is 3.66. The van der Waals surface area contributed by atoms with E-state index in [2.05, 4.69) is 5.32 Å². The van der Waals surface area contributed by atoms with E-state index in [0.717, 1.165) is 5.56 Å². The van der Waals surface area contributed by atoms with Crippen LogP contribution in [0.25, 0.3) is 0 Å². The van der Waals surface area contributed by atoms with Crippen LogP contribution >= 0.6 is 11.6 Å². The van der Waals surface area contributed by atoms with E-state index >= 15 is 0 Å². The van der Waals surface area contributed by atoms with Crippen molar-refractivity contribution in [2.24, 2.45) is 0 Å². The van der Waals surface area contributed by atoms with Crippen molar-refractivity contribution in [3.05, 3.63) is 65.2 Å². The van der Waals surface area contributed by atoms with Crippen molar-refractivity contribution in [3.8, 4) is 5.75 Å². The van der Waals surface area contributed by atoms with Crippen LogP contribution in [-0.4, -0.2) is 35.4 Å². The molecule has 0 saturated heterocycles. The highest BCUT2D eigenvalue weighted by Gasteiger charge is 2.26. The van der Waals surface area contributed by atoms with Crippen molar-refractivity contribution in [1.82, 2.24) is 10.2 Å². The van der Waals surface area contributed by atoms with Crippen molar-refractivity contribution >= 4 is 23.4 Å². The molecule has 1 atom stereocenters. The Morgan fingerprint density at radius 1 is 1.07 bits per heavy atom. The molecule has 1 unspecified atom stereocenters. The Kier molecular flexibility index (Phi) is 7.67. The van der Waals surface area contributed by atoms with Gasteiger partial charge in [0.25, 0.3) is 5.91 Å². The average Bonchev–Trinajstić information content (AvgIpc) is 2.64. The molecule has 0 radical (unpaired) electrons. The van der Waals surface area contributed by atoms with Gasteiger partial charge in [-0.1, -0.05) is 41.9 Å². The Labute approximate surface area is 165 Å². The van der Waals surface area contributed by atoms with Gasteiger partial charge in [-0.15, -0.1) is 0 Å². The standard InChI is InChI=1S/C21H25ClN2O3/c1-15(2)23-21(26)16(3)24(13-17-8-7-9-18(22)12-17)20(25)14-27-19-10-5-4-6-11-19/h4-12,15-16H,13-14H2,1-3H3,(H,23,26). The quantitative estimate of drug-likeness (QED) is 0.750. The molecule has 0 bridgehead atoms. The van der Waals surface area contributed by atoms with E-state index in [0.29, 0.717) is 10.8 Å². The van der Waals surface area contributed by atoms with Gasteiger partial charge in [-0.25, -0.2) is 0 Å². The first-order valence-electron chi connectivity index (χ1n) is 8.89. The fraction of sp³-hybridized carbons (Fsp3) is 0.333. The molecule has 5 nitrogen and oxygen atoms in total. The maximum absolute atomic E-state index is 12.8. The van der Waals surface area contributed by atoms with Crippen molar-refractivity contribution in [2.45, 2.75) is 39.4 Å². The van der Waals surface area contributed by atoms with Crippen LogP contribution in [-0.2, 0) is 16.1 Å². The minimum Gasteiger partial charge on any atom is -0.484 e. The molecule has 0 aliphatic carbocycles. The summed E-state index contributed by atoms with van der Waals surface area (Å²) >= 11 is 6.05. The van der Waals surface area contributed by atoms with Gasteiger partial charge in [0, 0.05) is 17.6 Å². The lowest BCUT2D eigenvalue weighted by Gasteiger charge is -2.29. The maximum Gasteiger partial charge on any atom is 0.261 e. The summed E-state index contributed by atoms with van der Waals surface area (Å²) in [5.41, 5.74) is 0.847. The van der Waals surface area contributed by atoms with Crippen LogP contribution in [0.4, 0.5) is 0 Å². The first kappa shape index (κ1) is 20.8. The number of rotatable bonds is 8. The number of ether oxygens (including phenoxy) is 1. The molecule has 144 valence electrons. The van der Waals surface area contributed by atoms with E-state index < -0.39 is 6.04 Å². The Hall–Kier alpha value is -2.53. The summed E-state index contributed by atoms with van der Waals surface area (Å²) in [7, 11) is 0. The second-order valence-electron chi connectivity index (χ2n) is 6.59. The average molecular weight is 389 g/mol. The van der Waals surface area contributed by atoms with Crippen LogP contribution in [0.1, 0.15) is 26.3 Å². The largest absolute Gasteiger partial charge is 0.484 e. The molecule has 0 heterocycles. The first-order chi connectivity index (χ1) is 12.9. The minimum absolute atomic E-state index is 0.0105. The summed E-state index contributed by atoms with van der Waals surface area (Å²) in [6, 6.07) is 15.7. The number of benzene rings is 2. The number of hydrogen-bond donors (Lipinski definition) is 1. The molecule has 0 aromatic heterocycles. The second kappa shape index (κ2) is 9.97. The van der Waals surface area contributed by atoms with Gasteiger partial charge < -0.3 is 15.0 Å². The highest BCUT2D eigenvalue weighted by Crippen LogP contribution is 2.16. The molecule has 0 aliphatic rings. The van der Waals surface area contributed by atoms with E-state index in [1.54, 1.807) is 31.2 Å². The molecular weight excluding hydrogens is 364 g/mol. The van der Waals surface area contributed by atoms with Gasteiger partial charge in [0.05, 0.1) is 0 Å². The predicted molar refractivity (Wildman–Crippen MR) is 107 cm³/mol. The highest BCUT2D eigenvalue weighted by molar-refractivity contribution is 6.30. The number of halogens is 1. The number of hydrogen-bond acceptors (Lipinski definition) is 3. The second-order valence-corrected chi connectivity index (χ2v) is 7.03. The third kappa shape index (κ3) is 6.61. The van der Waals surface area contributed by atoms with Gasteiger partial charge in [0.15, 0.2) is 6.61 Å². The van der Waals surface area contributed by atoms with E-state index in [9.17, 15) is 9.59 Å². The van der Waals surface area contributed by atoms with Crippen LogP contribution in [0.3, 0.4) is 0 Å². The van der Waals surface area contributed by atoms with Crippen LogP contribution in [0.2, 0.25) is 5.02 Å². The Morgan fingerprint density at radius 2 is 1.78 bits per heavy atom. The number of amides is 2. The molecule has 2 aromatic rings.